The van der Waals surface area contributed by atoms with Gasteiger partial charge < -0.3 is 19.6 Å². The van der Waals surface area contributed by atoms with Gasteiger partial charge in [-0.3, -0.25) is 0 Å². The van der Waals surface area contributed by atoms with Crippen molar-refractivity contribution < 1.29 is 14.6 Å². The first-order valence-electron chi connectivity index (χ1n) is 12.8. The quantitative estimate of drug-likeness (QED) is 0.342. The van der Waals surface area contributed by atoms with Crippen LogP contribution in [0.15, 0.2) is 78.9 Å². The van der Waals surface area contributed by atoms with Crippen molar-refractivity contribution in [3.05, 3.63) is 106 Å². The summed E-state index contributed by atoms with van der Waals surface area (Å²) in [4.78, 5) is 17.0. The Morgan fingerprint density at radius 2 is 1.53 bits per heavy atom. The lowest BCUT2D eigenvalue weighted by Gasteiger charge is -2.44. The molecule has 8 heteroatoms. The Morgan fingerprint density at radius 3 is 2.18 bits per heavy atom. The van der Waals surface area contributed by atoms with Gasteiger partial charge in [-0.25, -0.2) is 4.79 Å². The molecule has 0 bridgehead atoms. The summed E-state index contributed by atoms with van der Waals surface area (Å²) in [6.07, 6.45) is 1.86. The van der Waals surface area contributed by atoms with Crippen molar-refractivity contribution in [1.82, 2.24) is 9.80 Å². The second kappa shape index (κ2) is 12.3. The fourth-order valence-corrected chi connectivity index (χ4v) is 5.84. The first-order valence-corrected chi connectivity index (χ1v) is 13.5. The van der Waals surface area contributed by atoms with Crippen LogP contribution in [0.5, 0.6) is 0 Å². The summed E-state index contributed by atoms with van der Waals surface area (Å²) in [5.41, 5.74) is 1.85. The van der Waals surface area contributed by atoms with Crippen LogP contribution in [0.2, 0.25) is 10.0 Å². The zero-order valence-corrected chi connectivity index (χ0v) is 23.5. The van der Waals surface area contributed by atoms with Gasteiger partial charge in [0, 0.05) is 31.6 Å². The maximum Gasteiger partial charge on any atom is 0.410 e. The number of hydrogen-bond acceptors (Lipinski definition) is 4. The molecule has 5 nitrogen and oxygen atoms in total. The number of amides is 1. The Labute approximate surface area is 240 Å². The molecule has 1 N–H and O–H groups in total. The van der Waals surface area contributed by atoms with Gasteiger partial charge in [-0.1, -0.05) is 89.9 Å². The first-order chi connectivity index (χ1) is 17.9. The molecule has 0 radical (unpaired) electrons. The largest absolute Gasteiger partial charge is 0.448 e. The number of carbonyl (C=O) groups excluding carboxylic acids is 1. The molecule has 3 aromatic carbocycles. The number of nitrogens with zero attached hydrogens (tertiary/aromatic N) is 2. The molecule has 2 aliphatic rings. The highest BCUT2D eigenvalue weighted by atomic mass is 35.5. The average molecular weight is 576 g/mol. The van der Waals surface area contributed by atoms with Gasteiger partial charge in [0.2, 0.25) is 0 Å². The van der Waals surface area contributed by atoms with Crippen LogP contribution in [-0.4, -0.2) is 53.8 Å². The number of hydrogen-bond donors (Lipinski definition) is 1. The maximum atomic E-state index is 12.8. The van der Waals surface area contributed by atoms with Gasteiger partial charge in [-0.15, -0.1) is 12.4 Å². The molecule has 1 amide bonds. The Bertz CT molecular complexity index is 1220. The third kappa shape index (κ3) is 6.30. The van der Waals surface area contributed by atoms with Crippen LogP contribution in [0, 0.1) is 0 Å². The molecule has 2 fully saturated rings. The van der Waals surface area contributed by atoms with Gasteiger partial charge in [-0.05, 0) is 54.6 Å². The summed E-state index contributed by atoms with van der Waals surface area (Å²) in [6.45, 7) is 3.72. The molecule has 2 aliphatic heterocycles. The molecule has 2 saturated heterocycles. The predicted octanol–water partition coefficient (Wildman–Crippen LogP) is 6.68. The molecule has 0 aliphatic carbocycles. The SMILES string of the molecule is Cl.O=C1OCC(CCN2CCC(O)(c3ccccc3)CC2)(c2ccc(Cl)c(Cl)c2)CN1Cc1ccccc1. The summed E-state index contributed by atoms with van der Waals surface area (Å²) < 4.78 is 5.79. The number of piperidine rings is 1. The number of halogens is 3. The van der Waals surface area contributed by atoms with E-state index < -0.39 is 11.0 Å². The normalized spacial score (nSPS) is 21.4. The van der Waals surface area contributed by atoms with Crippen LogP contribution < -0.4 is 0 Å². The number of carbonyl (C=O) groups is 1. The Kier molecular flexibility index (Phi) is 9.27. The van der Waals surface area contributed by atoms with Crippen molar-refractivity contribution in [2.24, 2.45) is 0 Å². The standard InChI is InChI=1S/C30H32Cl2N2O3.ClH/c31-26-12-11-25(19-27(26)32)29(21-34(28(35)37-22-29)20-23-7-3-1-4-8-23)13-16-33-17-14-30(36,15-18-33)24-9-5-2-6-10-24;/h1-12,19,36H,13-18,20-22H2;1H. The van der Waals surface area contributed by atoms with Crippen LogP contribution in [0.3, 0.4) is 0 Å². The van der Waals surface area contributed by atoms with Gasteiger partial charge in [0.1, 0.15) is 6.61 Å². The average Bonchev–Trinajstić information content (AvgIpc) is 2.93. The van der Waals surface area contributed by atoms with Crippen molar-refractivity contribution in [2.45, 2.75) is 36.8 Å². The Morgan fingerprint density at radius 1 is 0.868 bits per heavy atom. The zero-order valence-electron chi connectivity index (χ0n) is 21.2. The third-order valence-electron chi connectivity index (χ3n) is 7.87. The number of aliphatic hydroxyl groups is 1. The van der Waals surface area contributed by atoms with E-state index in [-0.39, 0.29) is 25.1 Å². The summed E-state index contributed by atoms with van der Waals surface area (Å²) in [5, 5.41) is 12.3. The van der Waals surface area contributed by atoms with Crippen molar-refractivity contribution in [3.63, 3.8) is 0 Å². The van der Waals surface area contributed by atoms with Crippen LogP contribution >= 0.6 is 35.6 Å². The number of likely N-dealkylation sites (tertiary alicyclic amines) is 1. The molecular formula is C30H33Cl3N2O3. The Balaban J connectivity index is 0.00000336. The van der Waals surface area contributed by atoms with E-state index in [1.807, 2.05) is 78.9 Å². The number of benzene rings is 3. The van der Waals surface area contributed by atoms with E-state index in [1.165, 1.54) is 0 Å². The van der Waals surface area contributed by atoms with E-state index in [9.17, 15) is 9.90 Å². The molecule has 3 aromatic rings. The van der Waals surface area contributed by atoms with E-state index in [1.54, 1.807) is 4.90 Å². The highest BCUT2D eigenvalue weighted by molar-refractivity contribution is 6.42. The van der Waals surface area contributed by atoms with E-state index >= 15 is 0 Å². The zero-order chi connectivity index (χ0) is 25.9. The van der Waals surface area contributed by atoms with Crippen molar-refractivity contribution >= 4 is 41.7 Å². The maximum absolute atomic E-state index is 12.8. The third-order valence-corrected chi connectivity index (χ3v) is 8.61. The smallest absolute Gasteiger partial charge is 0.410 e. The second-order valence-electron chi connectivity index (χ2n) is 10.3. The number of cyclic esters (lactones) is 1. The van der Waals surface area contributed by atoms with Gasteiger partial charge in [0.05, 0.1) is 15.6 Å². The molecule has 202 valence electrons. The molecule has 0 spiro atoms. The van der Waals surface area contributed by atoms with E-state index in [0.29, 0.717) is 36.0 Å². The van der Waals surface area contributed by atoms with E-state index in [0.717, 1.165) is 42.7 Å². The lowest BCUT2D eigenvalue weighted by molar-refractivity contribution is -0.0306. The summed E-state index contributed by atoms with van der Waals surface area (Å²) in [6, 6.07) is 25.6. The number of ether oxygens (including phenoxy) is 1. The summed E-state index contributed by atoms with van der Waals surface area (Å²) in [7, 11) is 0. The van der Waals surface area contributed by atoms with Gasteiger partial charge in [0.25, 0.3) is 0 Å². The van der Waals surface area contributed by atoms with Gasteiger partial charge in [-0.2, -0.15) is 0 Å². The molecular weight excluding hydrogens is 543 g/mol. The lowest BCUT2D eigenvalue weighted by atomic mass is 9.76. The minimum Gasteiger partial charge on any atom is -0.448 e. The van der Waals surface area contributed by atoms with Gasteiger partial charge >= 0.3 is 6.09 Å². The first kappa shape index (κ1) is 28.7. The fraction of sp³-hybridized carbons (Fsp3) is 0.367. The topological polar surface area (TPSA) is 53.0 Å². The van der Waals surface area contributed by atoms with Crippen molar-refractivity contribution in [3.8, 4) is 0 Å². The highest BCUT2D eigenvalue weighted by Crippen LogP contribution is 2.38. The molecule has 1 atom stereocenters. The van der Waals surface area contributed by atoms with Crippen molar-refractivity contribution in [1.29, 1.82) is 0 Å². The molecule has 2 heterocycles. The van der Waals surface area contributed by atoms with Crippen LogP contribution in [0.4, 0.5) is 4.79 Å². The monoisotopic (exact) mass is 574 g/mol. The lowest BCUT2D eigenvalue weighted by Crippen LogP contribution is -2.54. The fourth-order valence-electron chi connectivity index (χ4n) is 5.54. The highest BCUT2D eigenvalue weighted by Gasteiger charge is 2.43. The molecule has 5 rings (SSSR count). The van der Waals surface area contributed by atoms with Crippen molar-refractivity contribution in [2.75, 3.05) is 32.8 Å². The summed E-state index contributed by atoms with van der Waals surface area (Å²) >= 11 is 12.7. The second-order valence-corrected chi connectivity index (χ2v) is 11.1. The Hall–Kier alpha value is -2.28. The van der Waals surface area contributed by atoms with Crippen LogP contribution in [0.25, 0.3) is 0 Å². The molecule has 0 aromatic heterocycles. The van der Waals surface area contributed by atoms with Crippen LogP contribution in [0.1, 0.15) is 36.0 Å². The van der Waals surface area contributed by atoms with E-state index in [4.69, 9.17) is 27.9 Å². The minimum atomic E-state index is -0.786. The predicted molar refractivity (Wildman–Crippen MR) is 154 cm³/mol. The summed E-state index contributed by atoms with van der Waals surface area (Å²) in [5.74, 6) is 0. The molecule has 0 saturated carbocycles. The van der Waals surface area contributed by atoms with E-state index in [2.05, 4.69) is 4.90 Å². The molecule has 38 heavy (non-hydrogen) atoms. The van der Waals surface area contributed by atoms with Crippen LogP contribution in [-0.2, 0) is 22.3 Å². The number of rotatable bonds is 7. The molecule has 1 unspecified atom stereocenters. The van der Waals surface area contributed by atoms with Gasteiger partial charge in [0.15, 0.2) is 0 Å². The minimum absolute atomic E-state index is 0.